The van der Waals surface area contributed by atoms with Crippen LogP contribution in [0, 0.1) is 0 Å². The maximum Gasteiger partial charge on any atom is 0.277 e. The van der Waals surface area contributed by atoms with E-state index in [1.54, 1.807) is 12.1 Å². The molecule has 130 valence electrons. The van der Waals surface area contributed by atoms with Crippen LogP contribution in [0.15, 0.2) is 45.7 Å². The fourth-order valence-corrected chi connectivity index (χ4v) is 2.97. The Kier molecular flexibility index (Phi) is 5.33. The maximum absolute atomic E-state index is 12.6. The normalized spacial score (nSPS) is 10.8. The SMILES string of the molecule is CCOc1cc(Br)c(Cn2nnc3ccccc3c2=O)cc1OCC. The van der Waals surface area contributed by atoms with E-state index in [1.165, 1.54) is 4.68 Å². The van der Waals surface area contributed by atoms with E-state index in [0.29, 0.717) is 35.6 Å². The van der Waals surface area contributed by atoms with Gasteiger partial charge in [0.2, 0.25) is 0 Å². The minimum Gasteiger partial charge on any atom is -0.490 e. The van der Waals surface area contributed by atoms with Crippen LogP contribution in [0.5, 0.6) is 11.5 Å². The van der Waals surface area contributed by atoms with Gasteiger partial charge in [0.05, 0.1) is 25.1 Å². The lowest BCUT2D eigenvalue weighted by Gasteiger charge is -2.14. The van der Waals surface area contributed by atoms with E-state index in [-0.39, 0.29) is 12.1 Å². The first-order valence-corrected chi connectivity index (χ1v) is 8.83. The van der Waals surface area contributed by atoms with Gasteiger partial charge in [-0.15, -0.1) is 5.10 Å². The van der Waals surface area contributed by atoms with Crippen molar-refractivity contribution in [3.63, 3.8) is 0 Å². The van der Waals surface area contributed by atoms with Crippen molar-refractivity contribution in [2.45, 2.75) is 20.4 Å². The molecule has 1 heterocycles. The van der Waals surface area contributed by atoms with Gasteiger partial charge in [-0.05, 0) is 43.7 Å². The van der Waals surface area contributed by atoms with Crippen molar-refractivity contribution in [2.24, 2.45) is 0 Å². The van der Waals surface area contributed by atoms with Crippen LogP contribution in [0.3, 0.4) is 0 Å². The predicted molar refractivity (Wildman–Crippen MR) is 99.4 cm³/mol. The minimum atomic E-state index is -0.177. The smallest absolute Gasteiger partial charge is 0.277 e. The molecule has 0 saturated heterocycles. The molecule has 1 aromatic heterocycles. The molecule has 0 aliphatic rings. The highest BCUT2D eigenvalue weighted by Crippen LogP contribution is 2.34. The van der Waals surface area contributed by atoms with Gasteiger partial charge in [-0.3, -0.25) is 4.79 Å². The van der Waals surface area contributed by atoms with Crippen molar-refractivity contribution in [3.8, 4) is 11.5 Å². The monoisotopic (exact) mass is 403 g/mol. The van der Waals surface area contributed by atoms with Gasteiger partial charge in [0.1, 0.15) is 5.52 Å². The van der Waals surface area contributed by atoms with Crippen molar-refractivity contribution in [2.75, 3.05) is 13.2 Å². The third-order valence-electron chi connectivity index (χ3n) is 3.66. The first-order chi connectivity index (χ1) is 12.1. The van der Waals surface area contributed by atoms with E-state index in [2.05, 4.69) is 26.2 Å². The first-order valence-electron chi connectivity index (χ1n) is 8.04. The molecular weight excluding hydrogens is 386 g/mol. The third kappa shape index (κ3) is 3.66. The lowest BCUT2D eigenvalue weighted by atomic mass is 10.2. The van der Waals surface area contributed by atoms with Crippen molar-refractivity contribution >= 4 is 26.8 Å². The minimum absolute atomic E-state index is 0.177. The zero-order chi connectivity index (χ0) is 17.8. The molecular formula is C18H18BrN3O3. The largest absolute Gasteiger partial charge is 0.490 e. The summed E-state index contributed by atoms with van der Waals surface area (Å²) in [5.74, 6) is 1.31. The average molecular weight is 404 g/mol. The number of hydrogen-bond acceptors (Lipinski definition) is 5. The van der Waals surface area contributed by atoms with Crippen LogP contribution in [-0.4, -0.2) is 28.2 Å². The van der Waals surface area contributed by atoms with Crippen LogP contribution in [0.25, 0.3) is 10.9 Å². The summed E-state index contributed by atoms with van der Waals surface area (Å²) in [5, 5.41) is 8.70. The van der Waals surface area contributed by atoms with Gasteiger partial charge in [0, 0.05) is 4.47 Å². The fraction of sp³-hybridized carbons (Fsp3) is 0.278. The Morgan fingerprint density at radius 2 is 1.76 bits per heavy atom. The zero-order valence-electron chi connectivity index (χ0n) is 14.0. The van der Waals surface area contributed by atoms with Crippen LogP contribution in [-0.2, 0) is 6.54 Å². The molecule has 0 saturated carbocycles. The van der Waals surface area contributed by atoms with Crippen LogP contribution in [0.1, 0.15) is 19.4 Å². The zero-order valence-corrected chi connectivity index (χ0v) is 15.6. The number of rotatable bonds is 6. The van der Waals surface area contributed by atoms with Gasteiger partial charge in [0.15, 0.2) is 11.5 Å². The molecule has 0 spiro atoms. The van der Waals surface area contributed by atoms with E-state index in [4.69, 9.17) is 9.47 Å². The second-order valence-corrected chi connectivity index (χ2v) is 6.18. The molecule has 0 bridgehead atoms. The Morgan fingerprint density at radius 1 is 1.08 bits per heavy atom. The molecule has 2 aromatic carbocycles. The molecule has 7 heteroatoms. The fourth-order valence-electron chi connectivity index (χ4n) is 2.52. The predicted octanol–water partition coefficient (Wildman–Crippen LogP) is 3.40. The Bertz CT molecular complexity index is 956. The van der Waals surface area contributed by atoms with E-state index in [1.807, 2.05) is 38.1 Å². The van der Waals surface area contributed by atoms with E-state index in [0.717, 1.165) is 10.0 Å². The molecule has 0 radical (unpaired) electrons. The summed E-state index contributed by atoms with van der Waals surface area (Å²) in [6.07, 6.45) is 0. The van der Waals surface area contributed by atoms with Gasteiger partial charge < -0.3 is 9.47 Å². The number of halogens is 1. The van der Waals surface area contributed by atoms with Gasteiger partial charge >= 0.3 is 0 Å². The highest BCUT2D eigenvalue weighted by Gasteiger charge is 2.13. The third-order valence-corrected chi connectivity index (χ3v) is 4.40. The Balaban J connectivity index is 2.01. The number of ether oxygens (including phenoxy) is 2. The standard InChI is InChI=1S/C18H18BrN3O3/c1-3-24-16-9-12(14(19)10-17(16)25-4-2)11-22-18(23)13-7-5-6-8-15(13)20-21-22/h5-10H,3-4,11H2,1-2H3. The summed E-state index contributed by atoms with van der Waals surface area (Å²) in [7, 11) is 0. The van der Waals surface area contributed by atoms with Crippen LogP contribution in [0.2, 0.25) is 0 Å². The summed E-state index contributed by atoms with van der Waals surface area (Å²) in [5.41, 5.74) is 1.27. The molecule has 0 N–H and O–H groups in total. The Morgan fingerprint density at radius 3 is 2.48 bits per heavy atom. The highest BCUT2D eigenvalue weighted by molar-refractivity contribution is 9.10. The molecule has 0 amide bonds. The van der Waals surface area contributed by atoms with E-state index >= 15 is 0 Å². The molecule has 6 nitrogen and oxygen atoms in total. The summed E-state index contributed by atoms with van der Waals surface area (Å²) in [4.78, 5) is 12.6. The molecule has 0 atom stereocenters. The quantitative estimate of drug-likeness (QED) is 0.630. The number of hydrogen-bond donors (Lipinski definition) is 0. The average Bonchev–Trinajstić information content (AvgIpc) is 2.61. The van der Waals surface area contributed by atoms with Crippen molar-refractivity contribution in [3.05, 3.63) is 56.8 Å². The lowest BCUT2D eigenvalue weighted by molar-refractivity contribution is 0.287. The van der Waals surface area contributed by atoms with Crippen molar-refractivity contribution in [1.29, 1.82) is 0 Å². The Labute approximate surface area is 153 Å². The molecule has 25 heavy (non-hydrogen) atoms. The first kappa shape index (κ1) is 17.4. The molecule has 0 aliphatic carbocycles. The Hall–Kier alpha value is -2.41. The van der Waals surface area contributed by atoms with Crippen molar-refractivity contribution in [1.82, 2.24) is 15.0 Å². The van der Waals surface area contributed by atoms with Gasteiger partial charge in [-0.2, -0.15) is 0 Å². The topological polar surface area (TPSA) is 66.2 Å². The highest BCUT2D eigenvalue weighted by atomic mass is 79.9. The molecule has 0 fully saturated rings. The second kappa shape index (κ2) is 7.65. The summed E-state index contributed by atoms with van der Waals surface area (Å²) >= 11 is 3.54. The van der Waals surface area contributed by atoms with Crippen molar-refractivity contribution < 1.29 is 9.47 Å². The number of aromatic nitrogens is 3. The molecule has 3 aromatic rings. The van der Waals surface area contributed by atoms with Crippen LogP contribution in [0.4, 0.5) is 0 Å². The number of nitrogens with zero attached hydrogens (tertiary/aromatic N) is 3. The summed E-state index contributed by atoms with van der Waals surface area (Å²) in [6.45, 7) is 5.18. The van der Waals surface area contributed by atoms with Crippen LogP contribution >= 0.6 is 15.9 Å². The van der Waals surface area contributed by atoms with E-state index in [9.17, 15) is 4.79 Å². The van der Waals surface area contributed by atoms with Gasteiger partial charge in [0.25, 0.3) is 5.56 Å². The number of fused-ring (bicyclic) bond motifs is 1. The van der Waals surface area contributed by atoms with Crippen LogP contribution < -0.4 is 15.0 Å². The lowest BCUT2D eigenvalue weighted by Crippen LogP contribution is -2.25. The van der Waals surface area contributed by atoms with Gasteiger partial charge in [-0.25, -0.2) is 4.68 Å². The molecule has 0 unspecified atom stereocenters. The summed E-state index contributed by atoms with van der Waals surface area (Å²) in [6, 6.07) is 10.9. The summed E-state index contributed by atoms with van der Waals surface area (Å²) < 4.78 is 13.4. The maximum atomic E-state index is 12.6. The van der Waals surface area contributed by atoms with E-state index < -0.39 is 0 Å². The molecule has 0 aliphatic heterocycles. The number of benzene rings is 2. The van der Waals surface area contributed by atoms with Gasteiger partial charge in [-0.1, -0.05) is 33.3 Å². The second-order valence-electron chi connectivity index (χ2n) is 5.33. The molecule has 3 rings (SSSR count).